The van der Waals surface area contributed by atoms with Gasteiger partial charge in [-0.15, -0.1) is 0 Å². The Bertz CT molecular complexity index is 491. The number of fused-ring (bicyclic) bond motifs is 2. The molecule has 0 aliphatic heterocycles. The largest absolute Gasteiger partial charge is 0.382 e. The van der Waals surface area contributed by atoms with E-state index < -0.39 is 0 Å². The van der Waals surface area contributed by atoms with Crippen LogP contribution in [0.5, 0.6) is 0 Å². The number of rotatable bonds is 3. The summed E-state index contributed by atoms with van der Waals surface area (Å²) in [6.45, 7) is 8.97. The Morgan fingerprint density at radius 2 is 1.74 bits per heavy atom. The molecule has 1 nitrogen and oxygen atoms in total. The zero-order valence-corrected chi connectivity index (χ0v) is 12.5. The summed E-state index contributed by atoms with van der Waals surface area (Å²) in [5.41, 5.74) is 5.46. The number of nitrogens with one attached hydrogen (secondary N) is 1. The number of anilines is 1. The van der Waals surface area contributed by atoms with Gasteiger partial charge in [0.1, 0.15) is 0 Å². The van der Waals surface area contributed by atoms with Crippen LogP contribution in [0.4, 0.5) is 5.69 Å². The molecular formula is C18H25N. The summed E-state index contributed by atoms with van der Waals surface area (Å²) in [5, 5.41) is 3.80. The highest BCUT2D eigenvalue weighted by Gasteiger charge is 2.38. The topological polar surface area (TPSA) is 12.0 Å². The molecule has 0 radical (unpaired) electrons. The van der Waals surface area contributed by atoms with Gasteiger partial charge < -0.3 is 5.32 Å². The van der Waals surface area contributed by atoms with Crippen molar-refractivity contribution in [2.24, 2.45) is 17.8 Å². The lowest BCUT2D eigenvalue weighted by molar-refractivity contribution is 0.399. The minimum absolute atomic E-state index is 0.569. The van der Waals surface area contributed by atoms with Crippen molar-refractivity contribution in [3.63, 3.8) is 0 Å². The van der Waals surface area contributed by atoms with Crippen molar-refractivity contribution in [3.05, 3.63) is 41.0 Å². The monoisotopic (exact) mass is 255 g/mol. The van der Waals surface area contributed by atoms with E-state index in [2.05, 4.69) is 57.3 Å². The van der Waals surface area contributed by atoms with Crippen LogP contribution in [-0.2, 0) is 0 Å². The van der Waals surface area contributed by atoms with Gasteiger partial charge >= 0.3 is 0 Å². The summed E-state index contributed by atoms with van der Waals surface area (Å²) in [6, 6.07) is 5.13. The molecule has 1 fully saturated rings. The van der Waals surface area contributed by atoms with Crippen LogP contribution in [0.3, 0.4) is 0 Å². The molecule has 1 N–H and O–H groups in total. The van der Waals surface area contributed by atoms with Crippen LogP contribution in [-0.4, -0.2) is 6.04 Å². The minimum atomic E-state index is 0.569. The second kappa shape index (κ2) is 4.70. The molecule has 3 rings (SSSR count). The lowest BCUT2D eigenvalue weighted by atomic mass is 9.87. The third-order valence-corrected chi connectivity index (χ3v) is 5.02. The van der Waals surface area contributed by atoms with E-state index in [1.165, 1.54) is 35.2 Å². The number of benzene rings is 1. The lowest BCUT2D eigenvalue weighted by Crippen LogP contribution is -2.29. The predicted octanol–water partition coefficient (Wildman–Crippen LogP) is 4.62. The molecule has 0 heterocycles. The molecule has 0 aromatic heterocycles. The average molecular weight is 255 g/mol. The van der Waals surface area contributed by atoms with Crippen LogP contribution in [0.2, 0.25) is 0 Å². The van der Waals surface area contributed by atoms with Crippen molar-refractivity contribution in [2.75, 3.05) is 5.32 Å². The van der Waals surface area contributed by atoms with Gasteiger partial charge in [-0.3, -0.25) is 0 Å². The Hall–Kier alpha value is -1.24. The maximum Gasteiger partial charge on any atom is 0.0401 e. The highest BCUT2D eigenvalue weighted by atomic mass is 14.9. The van der Waals surface area contributed by atoms with Crippen molar-refractivity contribution < 1.29 is 0 Å². The van der Waals surface area contributed by atoms with Crippen molar-refractivity contribution in [3.8, 4) is 0 Å². The van der Waals surface area contributed by atoms with Gasteiger partial charge in [0.2, 0.25) is 0 Å². The van der Waals surface area contributed by atoms with Crippen LogP contribution < -0.4 is 5.32 Å². The summed E-state index contributed by atoms with van der Waals surface area (Å²) in [5.74, 6) is 2.49. The molecule has 1 aromatic rings. The van der Waals surface area contributed by atoms with Crippen molar-refractivity contribution in [1.82, 2.24) is 0 Å². The lowest BCUT2D eigenvalue weighted by Gasteiger charge is -2.28. The number of hydrogen-bond donors (Lipinski definition) is 1. The Balaban J connectivity index is 1.77. The van der Waals surface area contributed by atoms with Gasteiger partial charge in [0.25, 0.3) is 0 Å². The number of aryl methyl sites for hydroxylation is 3. The number of hydrogen-bond acceptors (Lipinski definition) is 1. The van der Waals surface area contributed by atoms with Gasteiger partial charge in [0.05, 0.1) is 0 Å². The second-order valence-corrected chi connectivity index (χ2v) is 6.65. The molecule has 1 heteroatoms. The fourth-order valence-electron chi connectivity index (χ4n) is 4.14. The molecule has 0 spiro atoms. The van der Waals surface area contributed by atoms with Crippen LogP contribution in [0.15, 0.2) is 24.3 Å². The average Bonchev–Trinajstić information content (AvgIpc) is 2.95. The molecule has 4 unspecified atom stereocenters. The van der Waals surface area contributed by atoms with E-state index in [4.69, 9.17) is 0 Å². The van der Waals surface area contributed by atoms with Gasteiger partial charge in [-0.05, 0) is 69.4 Å². The molecule has 0 saturated heterocycles. The van der Waals surface area contributed by atoms with E-state index in [1.807, 2.05) is 0 Å². The Labute approximate surface area is 117 Å². The zero-order chi connectivity index (χ0) is 13.6. The van der Waals surface area contributed by atoms with E-state index in [1.54, 1.807) is 0 Å². The Morgan fingerprint density at radius 3 is 2.26 bits per heavy atom. The second-order valence-electron chi connectivity index (χ2n) is 6.65. The molecule has 2 aliphatic carbocycles. The van der Waals surface area contributed by atoms with Crippen LogP contribution in [0.1, 0.15) is 36.5 Å². The molecule has 2 bridgehead atoms. The fraction of sp³-hybridized carbons (Fsp3) is 0.556. The van der Waals surface area contributed by atoms with E-state index in [9.17, 15) is 0 Å². The third-order valence-electron chi connectivity index (χ3n) is 5.02. The molecule has 19 heavy (non-hydrogen) atoms. The first-order chi connectivity index (χ1) is 9.04. The summed E-state index contributed by atoms with van der Waals surface area (Å²) in [4.78, 5) is 0. The normalized spacial score (nSPS) is 29.8. The van der Waals surface area contributed by atoms with Crippen molar-refractivity contribution in [2.45, 2.75) is 46.6 Å². The SMILES string of the molecule is Cc1cc(C)c(NC(C)C2CC3C=CC2C3)c(C)c1. The maximum absolute atomic E-state index is 3.80. The summed E-state index contributed by atoms with van der Waals surface area (Å²) >= 11 is 0. The zero-order valence-electron chi connectivity index (χ0n) is 12.5. The first-order valence-corrected chi connectivity index (χ1v) is 7.57. The molecule has 4 atom stereocenters. The predicted molar refractivity (Wildman–Crippen MR) is 82.6 cm³/mol. The van der Waals surface area contributed by atoms with Gasteiger partial charge in [0.15, 0.2) is 0 Å². The van der Waals surface area contributed by atoms with Gasteiger partial charge in [-0.1, -0.05) is 29.8 Å². The molecule has 102 valence electrons. The fourth-order valence-corrected chi connectivity index (χ4v) is 4.14. The van der Waals surface area contributed by atoms with Crippen LogP contribution in [0, 0.1) is 38.5 Å². The van der Waals surface area contributed by atoms with Crippen molar-refractivity contribution in [1.29, 1.82) is 0 Å². The van der Waals surface area contributed by atoms with Crippen LogP contribution >= 0.6 is 0 Å². The molecule has 2 aliphatic rings. The third kappa shape index (κ3) is 2.31. The van der Waals surface area contributed by atoms with E-state index in [0.717, 1.165) is 17.8 Å². The van der Waals surface area contributed by atoms with E-state index >= 15 is 0 Å². The first-order valence-electron chi connectivity index (χ1n) is 7.57. The van der Waals surface area contributed by atoms with Crippen LogP contribution in [0.25, 0.3) is 0 Å². The Kier molecular flexibility index (Phi) is 3.16. The van der Waals surface area contributed by atoms with E-state index in [-0.39, 0.29) is 0 Å². The molecule has 1 saturated carbocycles. The first kappa shape index (κ1) is 12.8. The Morgan fingerprint density at radius 1 is 1.05 bits per heavy atom. The summed E-state index contributed by atoms with van der Waals surface area (Å²) < 4.78 is 0. The smallest absolute Gasteiger partial charge is 0.0401 e. The summed E-state index contributed by atoms with van der Waals surface area (Å²) in [7, 11) is 0. The highest BCUT2D eigenvalue weighted by Crippen LogP contribution is 2.45. The van der Waals surface area contributed by atoms with Gasteiger partial charge in [-0.25, -0.2) is 0 Å². The maximum atomic E-state index is 3.80. The standard InChI is InChI=1S/C18H25N/c1-11-7-12(2)18(13(3)8-11)19-14(4)17-10-15-5-6-16(17)9-15/h5-8,14-17,19H,9-10H2,1-4H3. The number of allylic oxidation sites excluding steroid dienone is 2. The molecule has 1 aromatic carbocycles. The van der Waals surface area contributed by atoms with Gasteiger partial charge in [-0.2, -0.15) is 0 Å². The summed E-state index contributed by atoms with van der Waals surface area (Å²) in [6.07, 6.45) is 7.64. The van der Waals surface area contributed by atoms with Crippen molar-refractivity contribution >= 4 is 5.69 Å². The van der Waals surface area contributed by atoms with E-state index in [0.29, 0.717) is 6.04 Å². The van der Waals surface area contributed by atoms with Gasteiger partial charge in [0, 0.05) is 11.7 Å². The highest BCUT2D eigenvalue weighted by molar-refractivity contribution is 5.58. The minimum Gasteiger partial charge on any atom is -0.382 e. The quantitative estimate of drug-likeness (QED) is 0.777. The molecular weight excluding hydrogens is 230 g/mol. The molecule has 0 amide bonds.